The summed E-state index contributed by atoms with van der Waals surface area (Å²) in [4.78, 5) is 5.19. The van der Waals surface area contributed by atoms with Crippen LogP contribution in [0.15, 0.2) is 46.4 Å². The normalized spacial score (nSPS) is 11.8. The van der Waals surface area contributed by atoms with E-state index in [0.717, 1.165) is 41.1 Å². The minimum atomic E-state index is 0.690. The first-order valence-corrected chi connectivity index (χ1v) is 6.83. The first-order valence-electron chi connectivity index (χ1n) is 6.83. The van der Waals surface area contributed by atoms with Gasteiger partial charge in [0.15, 0.2) is 0 Å². The quantitative estimate of drug-likeness (QED) is 0.348. The van der Waals surface area contributed by atoms with Crippen LogP contribution in [-0.2, 0) is 13.0 Å². The highest BCUT2D eigenvalue weighted by atomic mass is 16.3. The summed E-state index contributed by atoms with van der Waals surface area (Å²) < 4.78 is 5.84. The Morgan fingerprint density at radius 2 is 2.29 bits per heavy atom. The fraction of sp³-hybridized carbons (Fsp3) is 0.294. The number of benzene rings is 1. The highest BCUT2D eigenvalue weighted by molar-refractivity contribution is 5.86. The molecule has 0 bridgehead atoms. The number of likely N-dealkylation sites (N-methyl/N-ethyl adjacent to an activating group) is 1. The van der Waals surface area contributed by atoms with Crippen LogP contribution < -0.4 is 0 Å². The molecule has 0 atom stereocenters. The van der Waals surface area contributed by atoms with Crippen molar-refractivity contribution in [2.45, 2.75) is 19.9 Å². The van der Waals surface area contributed by atoms with E-state index in [1.165, 1.54) is 0 Å². The summed E-state index contributed by atoms with van der Waals surface area (Å²) in [6, 6.07) is 8.16. The number of nitrogens with zero attached hydrogens (tertiary/aromatic N) is 3. The zero-order chi connectivity index (χ0) is 15.2. The van der Waals surface area contributed by atoms with Crippen molar-refractivity contribution < 1.29 is 4.42 Å². The monoisotopic (exact) mass is 281 g/mol. The van der Waals surface area contributed by atoms with Gasteiger partial charge in [0.1, 0.15) is 17.1 Å². The van der Waals surface area contributed by atoms with Crippen LogP contribution in [0.5, 0.6) is 0 Å². The summed E-state index contributed by atoms with van der Waals surface area (Å²) in [6.45, 7) is 13.9. The minimum Gasteiger partial charge on any atom is -0.460 e. The predicted octanol–water partition coefficient (Wildman–Crippen LogP) is 3.89. The predicted molar refractivity (Wildman–Crippen MR) is 86.2 cm³/mol. The molecule has 0 saturated heterocycles. The van der Waals surface area contributed by atoms with Crippen molar-refractivity contribution in [3.8, 4) is 0 Å². The number of hydrogen-bond donors (Lipinski definition) is 0. The molecule has 21 heavy (non-hydrogen) atoms. The van der Waals surface area contributed by atoms with Gasteiger partial charge in [0.05, 0.1) is 11.6 Å². The number of rotatable bonds is 6. The molecule has 0 aliphatic carbocycles. The van der Waals surface area contributed by atoms with E-state index in [1.54, 1.807) is 0 Å². The summed E-state index contributed by atoms with van der Waals surface area (Å²) in [7, 11) is 2.03. The van der Waals surface area contributed by atoms with Crippen molar-refractivity contribution >= 4 is 16.7 Å². The van der Waals surface area contributed by atoms with Crippen molar-refractivity contribution in [2.24, 2.45) is 5.10 Å². The Kier molecular flexibility index (Phi) is 4.91. The molecule has 4 heteroatoms. The lowest BCUT2D eigenvalue weighted by molar-refractivity contribution is 0.328. The van der Waals surface area contributed by atoms with Crippen LogP contribution in [0.1, 0.15) is 18.2 Å². The van der Waals surface area contributed by atoms with E-state index >= 15 is 0 Å². The lowest BCUT2D eigenvalue weighted by atomic mass is 10.1. The average Bonchev–Trinajstić information content (AvgIpc) is 2.80. The Balaban J connectivity index is 2.18. The second-order valence-corrected chi connectivity index (χ2v) is 5.18. The number of hydrogen-bond acceptors (Lipinski definition) is 3. The maximum atomic E-state index is 6.74. The maximum absolute atomic E-state index is 6.74. The third kappa shape index (κ3) is 4.04. The molecule has 4 nitrogen and oxygen atoms in total. The maximum Gasteiger partial charge on any atom is 0.134 e. The Labute approximate surface area is 125 Å². The van der Waals surface area contributed by atoms with Gasteiger partial charge in [-0.1, -0.05) is 12.1 Å². The van der Waals surface area contributed by atoms with Crippen molar-refractivity contribution in [2.75, 3.05) is 13.6 Å². The highest BCUT2D eigenvalue weighted by Crippen LogP contribution is 2.22. The fourth-order valence-electron chi connectivity index (χ4n) is 2.30. The first-order chi connectivity index (χ1) is 10.1. The van der Waals surface area contributed by atoms with Gasteiger partial charge in [-0.25, -0.2) is 0 Å². The van der Waals surface area contributed by atoms with E-state index in [9.17, 15) is 0 Å². The van der Waals surface area contributed by atoms with Gasteiger partial charge in [0.25, 0.3) is 0 Å². The summed E-state index contributed by atoms with van der Waals surface area (Å²) in [5, 5.41) is 4.82. The van der Waals surface area contributed by atoms with Crippen LogP contribution in [0.3, 0.4) is 0 Å². The molecule has 0 aliphatic heterocycles. The van der Waals surface area contributed by atoms with Crippen LogP contribution >= 0.6 is 0 Å². The molecule has 0 radical (unpaired) electrons. The van der Waals surface area contributed by atoms with Crippen molar-refractivity contribution in [1.29, 1.82) is 0 Å². The molecule has 0 N–H and O–H groups in total. The largest absolute Gasteiger partial charge is 0.460 e. The topological polar surface area (TPSA) is 33.1 Å². The smallest absolute Gasteiger partial charge is 0.134 e. The number of furan rings is 1. The summed E-state index contributed by atoms with van der Waals surface area (Å²) >= 11 is 0. The molecule has 1 aromatic heterocycles. The summed E-state index contributed by atoms with van der Waals surface area (Å²) in [5.74, 6) is 0.943. The molecule has 2 aromatic rings. The van der Waals surface area contributed by atoms with Crippen LogP contribution in [-0.4, -0.2) is 24.2 Å². The zero-order valence-corrected chi connectivity index (χ0v) is 12.5. The highest BCUT2D eigenvalue weighted by Gasteiger charge is 2.07. The van der Waals surface area contributed by atoms with Crippen LogP contribution in [0.4, 0.5) is 0 Å². The molecular formula is C17H19N3O. The second kappa shape index (κ2) is 6.87. The van der Waals surface area contributed by atoms with E-state index in [4.69, 9.17) is 11.0 Å². The van der Waals surface area contributed by atoms with Gasteiger partial charge in [0.2, 0.25) is 0 Å². The lowest BCUT2D eigenvalue weighted by Gasteiger charge is -2.11. The minimum absolute atomic E-state index is 0.690. The Morgan fingerprint density at radius 1 is 1.48 bits per heavy atom. The van der Waals surface area contributed by atoms with Crippen molar-refractivity contribution in [3.05, 3.63) is 59.8 Å². The molecule has 108 valence electrons. The van der Waals surface area contributed by atoms with Crippen LogP contribution in [0, 0.1) is 6.57 Å². The van der Waals surface area contributed by atoms with Gasteiger partial charge >= 0.3 is 0 Å². The SMILES string of the molecule is [C-]#[N+]/N=C(\C)Cc1ccc2oc(CN(C)CC=C)cc2c1. The van der Waals surface area contributed by atoms with Gasteiger partial charge in [-0.3, -0.25) is 4.90 Å². The van der Waals surface area contributed by atoms with Crippen molar-refractivity contribution in [1.82, 2.24) is 4.90 Å². The summed E-state index contributed by atoms with van der Waals surface area (Å²) in [5.41, 5.74) is 2.85. The third-order valence-electron chi connectivity index (χ3n) is 3.18. The average molecular weight is 281 g/mol. The van der Waals surface area contributed by atoms with Crippen LogP contribution in [0.2, 0.25) is 0 Å². The Bertz CT molecular complexity index is 706. The Hall–Kier alpha value is -2.38. The molecule has 2 rings (SSSR count). The van der Waals surface area contributed by atoms with Crippen molar-refractivity contribution in [3.63, 3.8) is 0 Å². The molecule has 0 amide bonds. The molecule has 1 aromatic carbocycles. The molecule has 0 spiro atoms. The molecular weight excluding hydrogens is 262 g/mol. The van der Waals surface area contributed by atoms with E-state index < -0.39 is 0 Å². The van der Waals surface area contributed by atoms with Crippen LogP contribution in [0.25, 0.3) is 15.9 Å². The van der Waals surface area contributed by atoms with E-state index in [-0.39, 0.29) is 0 Å². The molecule has 0 saturated carbocycles. The van der Waals surface area contributed by atoms with E-state index in [0.29, 0.717) is 6.42 Å². The molecule has 0 fully saturated rings. The lowest BCUT2D eigenvalue weighted by Crippen LogP contribution is -2.16. The van der Waals surface area contributed by atoms with Gasteiger partial charge in [-0.05, 0) is 37.7 Å². The zero-order valence-electron chi connectivity index (χ0n) is 12.5. The third-order valence-corrected chi connectivity index (χ3v) is 3.18. The van der Waals surface area contributed by atoms with Gasteiger partial charge in [-0.2, -0.15) is 6.57 Å². The Morgan fingerprint density at radius 3 is 3.00 bits per heavy atom. The standard InChI is InChI=1S/C17H19N3O/c1-5-8-20(4)12-16-11-15-10-14(6-7-17(15)21-16)9-13(2)19-18-3/h5-7,10-11H,1,8-9,12H2,2,4H3/b19-13+. The fourth-order valence-corrected chi connectivity index (χ4v) is 2.30. The second-order valence-electron chi connectivity index (χ2n) is 5.18. The molecule has 1 heterocycles. The summed E-state index contributed by atoms with van der Waals surface area (Å²) in [6.07, 6.45) is 2.56. The van der Waals surface area contributed by atoms with Gasteiger partial charge in [-0.15, -0.1) is 11.5 Å². The number of fused-ring (bicyclic) bond motifs is 1. The molecule has 0 unspecified atom stereocenters. The van der Waals surface area contributed by atoms with Gasteiger partial charge < -0.3 is 4.42 Å². The first kappa shape index (κ1) is 15.0. The van der Waals surface area contributed by atoms with Gasteiger partial charge in [0, 0.05) is 18.4 Å². The van der Waals surface area contributed by atoms with E-state index in [1.807, 2.05) is 32.2 Å². The molecule has 0 aliphatic rings. The van der Waals surface area contributed by atoms with E-state index in [2.05, 4.69) is 33.7 Å².